The maximum Gasteiger partial charge on any atom is 0.140 e. The molecule has 66 valence electrons. The summed E-state index contributed by atoms with van der Waals surface area (Å²) in [5, 5.41) is 0. The summed E-state index contributed by atoms with van der Waals surface area (Å²) in [4.78, 5) is 0. The van der Waals surface area contributed by atoms with Gasteiger partial charge in [-0.3, -0.25) is 0 Å². The van der Waals surface area contributed by atoms with Gasteiger partial charge in [0.25, 0.3) is 0 Å². The Morgan fingerprint density at radius 3 is 3.08 bits per heavy atom. The van der Waals surface area contributed by atoms with Gasteiger partial charge >= 0.3 is 0 Å². The zero-order valence-corrected chi connectivity index (χ0v) is 7.80. The van der Waals surface area contributed by atoms with Crippen LogP contribution in [0.3, 0.4) is 0 Å². The predicted molar refractivity (Wildman–Crippen MR) is 49.9 cm³/mol. The fourth-order valence-electron chi connectivity index (χ4n) is 2.63. The maximum atomic E-state index is 5.87. The molecule has 0 aromatic carbocycles. The Morgan fingerprint density at radius 2 is 2.58 bits per heavy atom. The molecule has 0 aromatic rings. The second kappa shape index (κ2) is 2.61. The Balaban J connectivity index is 2.15. The van der Waals surface area contributed by atoms with E-state index < -0.39 is 0 Å². The molecule has 0 amide bonds. The van der Waals surface area contributed by atoms with E-state index in [9.17, 15) is 0 Å². The Labute approximate surface area is 74.3 Å². The van der Waals surface area contributed by atoms with Gasteiger partial charge in [-0.2, -0.15) is 0 Å². The van der Waals surface area contributed by atoms with E-state index >= 15 is 0 Å². The number of hydrogen-bond acceptors (Lipinski definition) is 2. The average Bonchev–Trinajstić information content (AvgIpc) is 2.41. The van der Waals surface area contributed by atoms with Gasteiger partial charge in [0.1, 0.15) is 7.85 Å². The number of hydrogen-bond donors (Lipinski definition) is 0. The average molecular weight is 166 g/mol. The number of rotatable bonds is 2. The van der Waals surface area contributed by atoms with E-state index in [0.29, 0.717) is 18.5 Å². The van der Waals surface area contributed by atoms with Crippen molar-refractivity contribution >= 4 is 7.85 Å². The lowest BCUT2D eigenvalue weighted by Gasteiger charge is -2.29. The topological polar surface area (TPSA) is 18.5 Å². The quantitative estimate of drug-likeness (QED) is 0.434. The zero-order chi connectivity index (χ0) is 8.77. The molecule has 0 N–H and O–H groups in total. The molecule has 1 saturated carbocycles. The van der Waals surface area contributed by atoms with Gasteiger partial charge in [-0.05, 0) is 12.8 Å². The van der Waals surface area contributed by atoms with E-state index in [1.807, 2.05) is 0 Å². The molecule has 0 radical (unpaired) electrons. The van der Waals surface area contributed by atoms with Gasteiger partial charge in [0.2, 0.25) is 0 Å². The first-order valence-electron chi connectivity index (χ1n) is 4.51. The molecule has 1 heterocycles. The van der Waals surface area contributed by atoms with Gasteiger partial charge in [0.05, 0.1) is 12.2 Å². The lowest BCUT2D eigenvalue weighted by molar-refractivity contribution is -0.0679. The van der Waals surface area contributed by atoms with Crippen molar-refractivity contribution in [2.24, 2.45) is 5.92 Å². The molecule has 1 aliphatic carbocycles. The van der Waals surface area contributed by atoms with Crippen LogP contribution < -0.4 is 0 Å². The van der Waals surface area contributed by atoms with Crippen LogP contribution in [0.1, 0.15) is 12.8 Å². The highest BCUT2D eigenvalue weighted by Crippen LogP contribution is 2.49. The normalized spacial score (nSPS) is 45.6. The first-order chi connectivity index (χ1) is 5.67. The third-order valence-electron chi connectivity index (χ3n) is 3.08. The molecule has 3 heteroatoms. The van der Waals surface area contributed by atoms with Crippen molar-refractivity contribution in [3.05, 3.63) is 12.2 Å². The van der Waals surface area contributed by atoms with E-state index in [1.165, 1.54) is 5.57 Å². The fraction of sp³-hybridized carbons (Fsp3) is 0.778. The van der Waals surface area contributed by atoms with Crippen LogP contribution in [0, 0.1) is 5.92 Å². The van der Waals surface area contributed by atoms with Crippen molar-refractivity contribution in [3.63, 3.8) is 0 Å². The SMILES string of the molecule is B[C@@H]1O[C@@]2(COC)CC(=C)C1C2. The van der Waals surface area contributed by atoms with Gasteiger partial charge < -0.3 is 9.47 Å². The summed E-state index contributed by atoms with van der Waals surface area (Å²) in [6, 6.07) is 0.349. The summed E-state index contributed by atoms with van der Waals surface area (Å²) in [7, 11) is 3.86. The minimum Gasteiger partial charge on any atom is -0.382 e. The Morgan fingerprint density at radius 1 is 1.83 bits per heavy atom. The summed E-state index contributed by atoms with van der Waals surface area (Å²) in [6.45, 7) is 4.79. The molecule has 1 aliphatic heterocycles. The van der Waals surface area contributed by atoms with Crippen LogP contribution in [0.5, 0.6) is 0 Å². The zero-order valence-electron chi connectivity index (χ0n) is 7.80. The summed E-state index contributed by atoms with van der Waals surface area (Å²) in [6.07, 6.45) is 2.11. The van der Waals surface area contributed by atoms with Gasteiger partial charge in [0, 0.05) is 19.0 Å². The van der Waals surface area contributed by atoms with Crippen LogP contribution in [0.2, 0.25) is 0 Å². The summed E-state index contributed by atoms with van der Waals surface area (Å²) in [5.74, 6) is 0.583. The minimum absolute atomic E-state index is 0.0179. The highest BCUT2D eigenvalue weighted by molar-refractivity contribution is 6.11. The van der Waals surface area contributed by atoms with Crippen LogP contribution in [0.15, 0.2) is 12.2 Å². The lowest BCUT2D eigenvalue weighted by atomic mass is 9.84. The largest absolute Gasteiger partial charge is 0.382 e. The van der Waals surface area contributed by atoms with Crippen LogP contribution in [0.25, 0.3) is 0 Å². The van der Waals surface area contributed by atoms with Crippen molar-refractivity contribution in [2.75, 3.05) is 13.7 Å². The first kappa shape index (κ1) is 8.33. The summed E-state index contributed by atoms with van der Waals surface area (Å²) < 4.78 is 11.1. The Kier molecular flexibility index (Phi) is 1.81. The molecule has 1 saturated heterocycles. The number of ether oxygens (including phenoxy) is 2. The van der Waals surface area contributed by atoms with Crippen LogP contribution in [0.4, 0.5) is 0 Å². The third kappa shape index (κ3) is 1.04. The lowest BCUT2D eigenvalue weighted by Crippen LogP contribution is -2.35. The van der Waals surface area contributed by atoms with Crippen molar-refractivity contribution < 1.29 is 9.47 Å². The second-order valence-corrected chi connectivity index (χ2v) is 4.08. The highest BCUT2D eigenvalue weighted by Gasteiger charge is 2.51. The summed E-state index contributed by atoms with van der Waals surface area (Å²) >= 11 is 0. The van der Waals surface area contributed by atoms with Gasteiger partial charge in [0.15, 0.2) is 0 Å². The van der Waals surface area contributed by atoms with Crippen molar-refractivity contribution in [1.82, 2.24) is 0 Å². The molecule has 2 nitrogen and oxygen atoms in total. The molecule has 2 aliphatic rings. The van der Waals surface area contributed by atoms with E-state index in [1.54, 1.807) is 7.11 Å². The van der Waals surface area contributed by atoms with E-state index in [4.69, 9.17) is 9.47 Å². The van der Waals surface area contributed by atoms with Gasteiger partial charge in [-0.25, -0.2) is 0 Å². The molecular weight excluding hydrogens is 151 g/mol. The number of methoxy groups -OCH3 is 1. The molecule has 0 aromatic heterocycles. The van der Waals surface area contributed by atoms with E-state index in [2.05, 4.69) is 14.4 Å². The second-order valence-electron chi connectivity index (χ2n) is 4.08. The van der Waals surface area contributed by atoms with Gasteiger partial charge in [-0.1, -0.05) is 12.2 Å². The minimum atomic E-state index is -0.0179. The molecule has 0 spiro atoms. The van der Waals surface area contributed by atoms with Gasteiger partial charge in [-0.15, -0.1) is 0 Å². The molecule has 2 bridgehead atoms. The molecule has 2 rings (SSSR count). The Bertz CT molecular complexity index is 217. The highest BCUT2D eigenvalue weighted by atomic mass is 16.5. The fourth-order valence-corrected chi connectivity index (χ4v) is 2.63. The Hall–Kier alpha value is -0.275. The standard InChI is InChI=1S/C9H15BO2/c1-6-3-9(5-11-2)4-7(6)8(10)12-9/h7-8H,1,3-5,10H2,2H3/t7?,8-,9+/m1/s1. The molecule has 2 fully saturated rings. The van der Waals surface area contributed by atoms with E-state index in [0.717, 1.165) is 12.8 Å². The van der Waals surface area contributed by atoms with Crippen LogP contribution in [-0.4, -0.2) is 33.2 Å². The van der Waals surface area contributed by atoms with Crippen LogP contribution >= 0.6 is 0 Å². The maximum absolute atomic E-state index is 5.87. The van der Waals surface area contributed by atoms with Crippen LogP contribution in [-0.2, 0) is 9.47 Å². The van der Waals surface area contributed by atoms with E-state index in [-0.39, 0.29) is 5.60 Å². The molecule has 1 unspecified atom stereocenters. The third-order valence-corrected chi connectivity index (χ3v) is 3.08. The molecular formula is C9H15BO2. The predicted octanol–water partition coefficient (Wildman–Crippen LogP) is 0.327. The van der Waals surface area contributed by atoms with Crippen molar-refractivity contribution in [1.29, 1.82) is 0 Å². The first-order valence-corrected chi connectivity index (χ1v) is 4.51. The van der Waals surface area contributed by atoms with Crippen molar-refractivity contribution in [3.8, 4) is 0 Å². The monoisotopic (exact) mass is 166 g/mol. The smallest absolute Gasteiger partial charge is 0.140 e. The number of fused-ring (bicyclic) bond motifs is 2. The summed E-state index contributed by atoms with van der Waals surface area (Å²) in [5.41, 5.74) is 1.33. The molecule has 3 atom stereocenters. The van der Waals surface area contributed by atoms with Crippen molar-refractivity contribution in [2.45, 2.75) is 24.4 Å². The molecule has 12 heavy (non-hydrogen) atoms.